The lowest BCUT2D eigenvalue weighted by atomic mass is 10.1. The topological polar surface area (TPSA) is 294 Å². The van der Waals surface area contributed by atoms with Crippen LogP contribution < -0.4 is 46.7 Å². The van der Waals surface area contributed by atoms with Gasteiger partial charge in [0.15, 0.2) is 0 Å². The van der Waals surface area contributed by atoms with Gasteiger partial charge in [-0.25, -0.2) is 0 Å². The number of ether oxygens (including phenoxy) is 2. The Morgan fingerprint density at radius 1 is 0.568 bits per heavy atom. The molecule has 0 saturated carbocycles. The summed E-state index contributed by atoms with van der Waals surface area (Å²) in [5.74, 6) is 3.19. The number of hydrogen-bond donors (Lipinski definition) is 4. The first kappa shape index (κ1) is 54.7. The Morgan fingerprint density at radius 2 is 1.07 bits per heavy atom. The van der Waals surface area contributed by atoms with Gasteiger partial charge >= 0.3 is 18.2 Å². The van der Waals surface area contributed by atoms with Crippen molar-refractivity contribution in [3.63, 3.8) is 0 Å². The van der Waals surface area contributed by atoms with E-state index in [9.17, 15) is 14.4 Å². The third kappa shape index (κ3) is 14.3. The summed E-state index contributed by atoms with van der Waals surface area (Å²) in [6.45, 7) is 13.5. The van der Waals surface area contributed by atoms with Crippen LogP contribution in [0.4, 0.5) is 40.9 Å². The zero-order valence-corrected chi connectivity index (χ0v) is 42.6. The van der Waals surface area contributed by atoms with Crippen LogP contribution in [0, 0.1) is 6.92 Å². The Balaban J connectivity index is 0.000000176. The molecular formula is C53H64N14O7. The van der Waals surface area contributed by atoms with E-state index in [0.29, 0.717) is 90.4 Å². The maximum absolute atomic E-state index is 12.5. The zero-order chi connectivity index (χ0) is 53.1. The van der Waals surface area contributed by atoms with Crippen molar-refractivity contribution in [2.24, 2.45) is 0 Å². The third-order valence-corrected chi connectivity index (χ3v) is 11.9. The highest BCUT2D eigenvalue weighted by Crippen LogP contribution is 2.35. The number of nitrogen functional groups attached to an aromatic ring is 3. The van der Waals surface area contributed by atoms with Gasteiger partial charge in [-0.1, -0.05) is 101 Å². The second kappa shape index (κ2) is 26.7. The van der Waals surface area contributed by atoms with Crippen LogP contribution in [0.3, 0.4) is 0 Å². The highest BCUT2D eigenvalue weighted by atomic mass is 16.5. The van der Waals surface area contributed by atoms with Crippen molar-refractivity contribution < 1.29 is 33.4 Å². The number of nitrogens with two attached hydrogens (primary N) is 3. The first-order chi connectivity index (χ1) is 35.8. The third-order valence-electron chi connectivity index (χ3n) is 11.9. The molecule has 21 nitrogen and oxygen atoms in total. The van der Waals surface area contributed by atoms with Gasteiger partial charge in [-0.3, -0.25) is 34.1 Å². The SMILES string of the molecule is CCCCNc1nc(N)c2c(n1)N(Cc1ccc(C)nc1)C(=O)C2.CCCCOc1nc(N)c2c(n1)N(Cc1cccc(CC)c1)C(=O)C2.CCCOc1nc(N)c2c(n1)N(Cc1ccccc1)C(=O)C2.O=C=O. The van der Waals surface area contributed by atoms with Crippen molar-refractivity contribution in [3.8, 4) is 12.0 Å². The molecule has 7 N–H and O–H groups in total. The lowest BCUT2D eigenvalue weighted by Crippen LogP contribution is -2.27. The summed E-state index contributed by atoms with van der Waals surface area (Å²) in [7, 11) is 0. The van der Waals surface area contributed by atoms with Crippen molar-refractivity contribution in [1.29, 1.82) is 0 Å². The predicted octanol–water partition coefficient (Wildman–Crippen LogP) is 6.31. The average molecular weight is 1010 g/mol. The molecule has 2 aromatic carbocycles. The standard InChI is InChI=1S/C19H24N4O2.C17H22N6O.C16H18N4O2.CO2/c1-3-5-9-25-19-21-17(20)15-11-16(24)23(18(15)22-19)12-14-8-6-7-13(4-2)10-14;1-3-4-7-19-17-21-15(18)13-8-14(24)23(16(13)22-17)10-12-6-5-11(2)20-9-12;1-2-8-22-16-18-14(17)12-9-13(21)20(15(12)19-16)10-11-6-4-3-5-7-11;2-1-3/h6-8,10H,3-5,9,11-12H2,1-2H3,(H2,20,21,22);5-6,9H,3-4,7-8,10H2,1-2H3,(H3,18,19,21,22);3-7H,2,8-10H2,1H3,(H2,17,18,19);. The van der Waals surface area contributed by atoms with Crippen molar-refractivity contribution >= 4 is 64.7 Å². The van der Waals surface area contributed by atoms with E-state index in [-0.39, 0.29) is 55.2 Å². The maximum Gasteiger partial charge on any atom is 0.373 e. The molecule has 0 bridgehead atoms. The number of nitrogens with zero attached hydrogens (tertiary/aromatic N) is 10. The van der Waals surface area contributed by atoms with Crippen LogP contribution in [0.2, 0.25) is 0 Å². The smallest absolute Gasteiger partial charge is 0.373 e. The van der Waals surface area contributed by atoms with Gasteiger partial charge < -0.3 is 32.0 Å². The number of hydrogen-bond acceptors (Lipinski definition) is 18. The summed E-state index contributed by atoms with van der Waals surface area (Å²) in [5.41, 5.74) is 25.4. The fraction of sp³-hybridized carbons (Fsp3) is 0.377. The molecule has 0 unspecified atom stereocenters. The van der Waals surface area contributed by atoms with E-state index < -0.39 is 0 Å². The van der Waals surface area contributed by atoms with E-state index in [0.717, 1.165) is 67.5 Å². The van der Waals surface area contributed by atoms with Crippen LogP contribution in [0.5, 0.6) is 12.0 Å². The monoisotopic (exact) mass is 1010 g/mol. The average Bonchev–Trinajstić information content (AvgIpc) is 4.01. The zero-order valence-electron chi connectivity index (χ0n) is 42.6. The number of nitrogens with one attached hydrogen (secondary N) is 1. The molecule has 4 aromatic heterocycles. The Hall–Kier alpha value is -8.58. The minimum atomic E-state index is -0.0208. The molecule has 0 aliphatic carbocycles. The quantitative estimate of drug-likeness (QED) is 0.0686. The second-order valence-corrected chi connectivity index (χ2v) is 17.5. The first-order valence-electron chi connectivity index (χ1n) is 24.7. The van der Waals surface area contributed by atoms with E-state index in [2.05, 4.69) is 73.1 Å². The van der Waals surface area contributed by atoms with E-state index in [1.165, 1.54) is 5.56 Å². The summed E-state index contributed by atoms with van der Waals surface area (Å²) in [6, 6.07) is 22.4. The number of fused-ring (bicyclic) bond motifs is 3. The number of unbranched alkanes of at least 4 members (excludes halogenated alkanes) is 2. The molecule has 0 atom stereocenters. The molecular weight excluding hydrogens is 945 g/mol. The molecule has 3 aliphatic rings. The molecule has 3 aliphatic heterocycles. The number of carbonyl (C=O) groups is 3. The summed E-state index contributed by atoms with van der Waals surface area (Å²) in [6.07, 6.45) is 8.63. The molecule has 21 heteroatoms. The van der Waals surface area contributed by atoms with E-state index >= 15 is 0 Å². The number of pyridine rings is 1. The highest BCUT2D eigenvalue weighted by Gasteiger charge is 2.35. The molecule has 7 heterocycles. The van der Waals surface area contributed by atoms with Crippen molar-refractivity contribution in [1.82, 2.24) is 34.9 Å². The lowest BCUT2D eigenvalue weighted by molar-refractivity contribution is -0.191. The molecule has 9 rings (SSSR count). The van der Waals surface area contributed by atoms with Gasteiger partial charge in [0.1, 0.15) is 34.9 Å². The molecule has 74 heavy (non-hydrogen) atoms. The summed E-state index contributed by atoms with van der Waals surface area (Å²) >= 11 is 0. The molecule has 0 saturated heterocycles. The molecule has 0 spiro atoms. The van der Waals surface area contributed by atoms with Crippen molar-refractivity contribution in [3.05, 3.63) is 118 Å². The number of benzene rings is 2. The van der Waals surface area contributed by atoms with Gasteiger partial charge in [-0.05, 0) is 60.9 Å². The number of aromatic nitrogens is 7. The molecule has 6 aromatic rings. The number of carbonyl (C=O) groups excluding carboxylic acids is 5. The van der Waals surface area contributed by atoms with E-state index in [1.807, 2.05) is 68.4 Å². The van der Waals surface area contributed by atoms with Crippen LogP contribution >= 0.6 is 0 Å². The van der Waals surface area contributed by atoms with Gasteiger partial charge in [-0.15, -0.1) is 0 Å². The Labute approximate surface area is 430 Å². The fourth-order valence-electron chi connectivity index (χ4n) is 7.94. The van der Waals surface area contributed by atoms with Gasteiger partial charge in [0.05, 0.1) is 52.1 Å². The van der Waals surface area contributed by atoms with Crippen LogP contribution in [0.1, 0.15) is 104 Å². The number of anilines is 7. The minimum absolute atomic E-state index is 0.0105. The van der Waals surface area contributed by atoms with Crippen molar-refractivity contribution in [2.75, 3.05) is 57.0 Å². The minimum Gasteiger partial charge on any atom is -0.463 e. The van der Waals surface area contributed by atoms with Crippen molar-refractivity contribution in [2.45, 2.75) is 112 Å². The van der Waals surface area contributed by atoms with Crippen LogP contribution in [0.15, 0.2) is 72.9 Å². The van der Waals surface area contributed by atoms with Gasteiger partial charge in [0, 0.05) is 35.1 Å². The van der Waals surface area contributed by atoms with Gasteiger partial charge in [0.25, 0.3) is 0 Å². The fourth-order valence-corrected chi connectivity index (χ4v) is 7.94. The number of amides is 3. The lowest BCUT2D eigenvalue weighted by Gasteiger charge is -2.17. The molecule has 388 valence electrons. The maximum atomic E-state index is 12.5. The Kier molecular flexibility index (Phi) is 19.8. The highest BCUT2D eigenvalue weighted by molar-refractivity contribution is 6.03. The summed E-state index contributed by atoms with van der Waals surface area (Å²) in [4.78, 5) is 88.6. The molecule has 3 amide bonds. The van der Waals surface area contributed by atoms with Gasteiger partial charge in [-0.2, -0.15) is 39.5 Å². The number of aryl methyl sites for hydroxylation is 2. The largest absolute Gasteiger partial charge is 0.463 e. The summed E-state index contributed by atoms with van der Waals surface area (Å²) in [5, 5.41) is 3.17. The Bertz CT molecular complexity index is 2920. The first-order valence-corrected chi connectivity index (χ1v) is 24.7. The Morgan fingerprint density at radius 3 is 1.59 bits per heavy atom. The van der Waals surface area contributed by atoms with E-state index in [4.69, 9.17) is 36.3 Å². The number of rotatable bonds is 18. The van der Waals surface area contributed by atoms with Crippen LogP contribution in [0.25, 0.3) is 0 Å². The molecule has 0 radical (unpaired) electrons. The predicted molar refractivity (Wildman–Crippen MR) is 280 cm³/mol. The van der Waals surface area contributed by atoms with E-state index in [1.54, 1.807) is 20.9 Å². The second-order valence-electron chi connectivity index (χ2n) is 17.5. The normalized spacial score (nSPS) is 12.8. The van der Waals surface area contributed by atoms with Crippen LogP contribution in [-0.2, 0) is 69.3 Å². The van der Waals surface area contributed by atoms with Crippen LogP contribution in [-0.4, -0.2) is 78.5 Å². The summed E-state index contributed by atoms with van der Waals surface area (Å²) < 4.78 is 11.0. The van der Waals surface area contributed by atoms with Gasteiger partial charge in [0.2, 0.25) is 23.7 Å². The molecule has 0 fully saturated rings.